The Balaban J connectivity index is 2.19. The molecule has 0 spiro atoms. The monoisotopic (exact) mass is 260 g/mol. The summed E-state index contributed by atoms with van der Waals surface area (Å²) >= 11 is 1.39. The second kappa shape index (κ2) is 5.36. The molecule has 0 radical (unpaired) electrons. The quantitative estimate of drug-likeness (QED) is 0.739. The molecule has 2 nitrogen and oxygen atoms in total. The van der Waals surface area contributed by atoms with Gasteiger partial charge in [0.05, 0.1) is 4.88 Å². The maximum absolute atomic E-state index is 10.6. The van der Waals surface area contributed by atoms with E-state index in [4.69, 9.17) is 4.74 Å². The van der Waals surface area contributed by atoms with E-state index in [9.17, 15) is 4.79 Å². The smallest absolute Gasteiger partial charge is 0.160 e. The van der Waals surface area contributed by atoms with Gasteiger partial charge in [0.2, 0.25) is 0 Å². The number of benzene rings is 1. The van der Waals surface area contributed by atoms with Crippen LogP contribution in [0, 0.1) is 6.92 Å². The lowest BCUT2D eigenvalue weighted by molar-refractivity contribution is 0.112. The van der Waals surface area contributed by atoms with Crippen LogP contribution < -0.4 is 4.74 Å². The maximum atomic E-state index is 10.6. The van der Waals surface area contributed by atoms with Crippen molar-refractivity contribution in [3.63, 3.8) is 0 Å². The van der Waals surface area contributed by atoms with Crippen molar-refractivity contribution in [1.29, 1.82) is 0 Å². The van der Waals surface area contributed by atoms with Gasteiger partial charge in [0.15, 0.2) is 6.29 Å². The zero-order chi connectivity index (χ0) is 13.1. The van der Waals surface area contributed by atoms with Gasteiger partial charge in [-0.1, -0.05) is 19.9 Å². The van der Waals surface area contributed by atoms with Crippen LogP contribution in [0.2, 0.25) is 0 Å². The Bertz CT molecular complexity index is 555. The number of hydrogen-bond acceptors (Lipinski definition) is 3. The van der Waals surface area contributed by atoms with E-state index >= 15 is 0 Å². The second-order valence-electron chi connectivity index (χ2n) is 4.58. The van der Waals surface area contributed by atoms with E-state index in [2.05, 4.69) is 26.8 Å². The lowest BCUT2D eigenvalue weighted by atomic mass is 9.98. The van der Waals surface area contributed by atoms with Crippen LogP contribution in [0.25, 0.3) is 0 Å². The molecule has 18 heavy (non-hydrogen) atoms. The number of rotatable bonds is 4. The molecule has 0 unspecified atom stereocenters. The van der Waals surface area contributed by atoms with E-state index in [1.807, 2.05) is 17.5 Å². The summed E-state index contributed by atoms with van der Waals surface area (Å²) in [5.74, 6) is 2.05. The molecule has 0 amide bonds. The Morgan fingerprint density at radius 1 is 1.22 bits per heavy atom. The summed E-state index contributed by atoms with van der Waals surface area (Å²) in [4.78, 5) is 11.3. The van der Waals surface area contributed by atoms with Gasteiger partial charge in [-0.25, -0.2) is 0 Å². The Morgan fingerprint density at radius 2 is 2.00 bits per heavy atom. The first kappa shape index (κ1) is 12.8. The van der Waals surface area contributed by atoms with Gasteiger partial charge in [0.25, 0.3) is 0 Å². The molecule has 1 aromatic heterocycles. The lowest BCUT2D eigenvalue weighted by Gasteiger charge is -2.11. The predicted octanol–water partition coefficient (Wildman–Crippen LogP) is 4.78. The van der Waals surface area contributed by atoms with Crippen molar-refractivity contribution in [3.8, 4) is 11.5 Å². The Morgan fingerprint density at radius 3 is 2.56 bits per heavy atom. The van der Waals surface area contributed by atoms with Crippen LogP contribution in [0.15, 0.2) is 29.6 Å². The molecule has 94 valence electrons. The number of hydrogen-bond donors (Lipinski definition) is 0. The van der Waals surface area contributed by atoms with Crippen LogP contribution >= 0.6 is 11.3 Å². The third kappa shape index (κ3) is 2.79. The van der Waals surface area contributed by atoms with Gasteiger partial charge in [-0.15, -0.1) is 11.3 Å². The van der Waals surface area contributed by atoms with E-state index in [0.717, 1.165) is 17.8 Å². The molecule has 0 saturated carbocycles. The van der Waals surface area contributed by atoms with E-state index < -0.39 is 0 Å². The van der Waals surface area contributed by atoms with E-state index in [0.29, 0.717) is 10.8 Å². The average Bonchev–Trinajstić information content (AvgIpc) is 2.76. The van der Waals surface area contributed by atoms with Crippen molar-refractivity contribution in [2.75, 3.05) is 0 Å². The molecule has 2 rings (SSSR count). The van der Waals surface area contributed by atoms with Gasteiger partial charge in [0, 0.05) is 11.4 Å². The van der Waals surface area contributed by atoms with E-state index in [1.165, 1.54) is 22.5 Å². The molecule has 0 bridgehead atoms. The molecule has 0 fully saturated rings. The van der Waals surface area contributed by atoms with Crippen molar-refractivity contribution < 1.29 is 9.53 Å². The van der Waals surface area contributed by atoms with Crippen LogP contribution in [0.1, 0.15) is 40.6 Å². The molecule has 2 aromatic rings. The van der Waals surface area contributed by atoms with Crippen molar-refractivity contribution in [2.24, 2.45) is 0 Å². The van der Waals surface area contributed by atoms with Crippen LogP contribution in [-0.2, 0) is 0 Å². The van der Waals surface area contributed by atoms with E-state index in [-0.39, 0.29) is 0 Å². The number of carbonyl (C=O) groups excluding carboxylic acids is 1. The molecule has 0 saturated heterocycles. The van der Waals surface area contributed by atoms with Gasteiger partial charge < -0.3 is 4.74 Å². The summed E-state index contributed by atoms with van der Waals surface area (Å²) in [6, 6.07) is 7.86. The highest BCUT2D eigenvalue weighted by Gasteiger charge is 2.06. The molecule has 3 heteroatoms. The molecule has 0 N–H and O–H groups in total. The summed E-state index contributed by atoms with van der Waals surface area (Å²) in [6.45, 7) is 6.45. The number of thiophene rings is 1. The molecule has 0 aliphatic rings. The zero-order valence-corrected chi connectivity index (χ0v) is 11.6. The highest BCUT2D eigenvalue weighted by atomic mass is 32.1. The topological polar surface area (TPSA) is 26.3 Å². The Kier molecular flexibility index (Phi) is 3.82. The largest absolute Gasteiger partial charge is 0.456 e. The SMILES string of the molecule is Cc1cc(Oc2csc(C=O)c2)ccc1C(C)C. The molecule has 1 heterocycles. The number of aldehydes is 1. The highest BCUT2D eigenvalue weighted by Crippen LogP contribution is 2.29. The highest BCUT2D eigenvalue weighted by molar-refractivity contribution is 7.11. The lowest BCUT2D eigenvalue weighted by Crippen LogP contribution is -1.92. The van der Waals surface area contributed by atoms with E-state index in [1.54, 1.807) is 6.07 Å². The van der Waals surface area contributed by atoms with Gasteiger partial charge in [-0.3, -0.25) is 4.79 Å². The fraction of sp³-hybridized carbons (Fsp3) is 0.267. The van der Waals surface area contributed by atoms with Gasteiger partial charge >= 0.3 is 0 Å². The molecule has 0 aliphatic heterocycles. The molecular weight excluding hydrogens is 244 g/mol. The van der Waals surface area contributed by atoms with Gasteiger partial charge in [-0.2, -0.15) is 0 Å². The normalized spacial score (nSPS) is 10.7. The van der Waals surface area contributed by atoms with Crippen LogP contribution in [0.4, 0.5) is 0 Å². The molecular formula is C15H16O2S. The fourth-order valence-corrected chi connectivity index (χ4v) is 2.55. The predicted molar refractivity (Wildman–Crippen MR) is 75.0 cm³/mol. The minimum atomic E-state index is 0.516. The number of ether oxygens (including phenoxy) is 1. The van der Waals surface area contributed by atoms with Crippen molar-refractivity contribution in [3.05, 3.63) is 45.6 Å². The van der Waals surface area contributed by atoms with Crippen molar-refractivity contribution in [2.45, 2.75) is 26.7 Å². The molecule has 1 aromatic carbocycles. The summed E-state index contributed by atoms with van der Waals surface area (Å²) < 4.78 is 5.73. The Labute approximate surface area is 111 Å². The zero-order valence-electron chi connectivity index (χ0n) is 10.8. The first-order valence-electron chi connectivity index (χ1n) is 5.92. The minimum absolute atomic E-state index is 0.516. The van der Waals surface area contributed by atoms with Crippen molar-refractivity contribution in [1.82, 2.24) is 0 Å². The first-order chi connectivity index (χ1) is 8.60. The first-order valence-corrected chi connectivity index (χ1v) is 6.80. The van der Waals surface area contributed by atoms with Crippen molar-refractivity contribution >= 4 is 17.6 Å². The second-order valence-corrected chi connectivity index (χ2v) is 5.52. The van der Waals surface area contributed by atoms with Gasteiger partial charge in [0.1, 0.15) is 11.5 Å². The fourth-order valence-electron chi connectivity index (χ4n) is 1.95. The molecule has 0 aliphatic carbocycles. The number of aryl methyl sites for hydroxylation is 1. The van der Waals surface area contributed by atoms with Gasteiger partial charge in [-0.05, 0) is 36.1 Å². The third-order valence-corrected chi connectivity index (χ3v) is 3.65. The third-order valence-electron chi connectivity index (χ3n) is 2.81. The average molecular weight is 260 g/mol. The summed E-state index contributed by atoms with van der Waals surface area (Å²) in [5, 5.41) is 1.84. The summed E-state index contributed by atoms with van der Waals surface area (Å²) in [6.07, 6.45) is 0.838. The maximum Gasteiger partial charge on any atom is 0.160 e. The molecule has 0 atom stereocenters. The Hall–Kier alpha value is -1.61. The standard InChI is InChI=1S/C15H16O2S/c1-10(2)15-5-4-12(6-11(15)3)17-13-7-14(8-16)18-9-13/h4-10H,1-3H3. The number of carbonyl (C=O) groups is 1. The van der Waals surface area contributed by atoms with Crippen LogP contribution in [-0.4, -0.2) is 6.29 Å². The summed E-state index contributed by atoms with van der Waals surface area (Å²) in [7, 11) is 0. The van der Waals surface area contributed by atoms with Crippen LogP contribution in [0.3, 0.4) is 0 Å². The minimum Gasteiger partial charge on any atom is -0.456 e. The van der Waals surface area contributed by atoms with Crippen LogP contribution in [0.5, 0.6) is 11.5 Å². The summed E-state index contributed by atoms with van der Waals surface area (Å²) in [5.41, 5.74) is 2.56.